The van der Waals surface area contributed by atoms with Crippen molar-refractivity contribution in [3.8, 4) is 5.75 Å². The minimum absolute atomic E-state index is 0.176. The highest BCUT2D eigenvalue weighted by Crippen LogP contribution is 2.25. The summed E-state index contributed by atoms with van der Waals surface area (Å²) >= 11 is 0. The SMILES string of the molecule is COc1cc(CC(C)(C)C)ccc1C(=O)O. The summed E-state index contributed by atoms with van der Waals surface area (Å²) in [5, 5.41) is 8.94. The van der Waals surface area contributed by atoms with E-state index in [0.717, 1.165) is 12.0 Å². The number of methoxy groups -OCH3 is 1. The van der Waals surface area contributed by atoms with Gasteiger partial charge in [-0.25, -0.2) is 4.79 Å². The summed E-state index contributed by atoms with van der Waals surface area (Å²) in [4.78, 5) is 10.9. The number of aromatic carboxylic acids is 1. The molecule has 0 amide bonds. The molecule has 0 aliphatic rings. The Bertz CT molecular complexity index is 389. The fourth-order valence-electron chi connectivity index (χ4n) is 1.63. The van der Waals surface area contributed by atoms with Crippen LogP contribution < -0.4 is 4.74 Å². The van der Waals surface area contributed by atoms with Crippen LogP contribution in [0.25, 0.3) is 0 Å². The molecule has 0 aromatic heterocycles. The second-order valence-corrected chi connectivity index (χ2v) is 5.08. The van der Waals surface area contributed by atoms with E-state index in [9.17, 15) is 4.79 Å². The Balaban J connectivity index is 3.05. The maximum atomic E-state index is 10.9. The number of carboxylic acids is 1. The van der Waals surface area contributed by atoms with Crippen molar-refractivity contribution in [1.29, 1.82) is 0 Å². The summed E-state index contributed by atoms with van der Waals surface area (Å²) in [5.74, 6) is -0.534. The lowest BCUT2D eigenvalue weighted by atomic mass is 9.88. The van der Waals surface area contributed by atoms with Gasteiger partial charge in [0.05, 0.1) is 7.11 Å². The van der Waals surface area contributed by atoms with E-state index in [2.05, 4.69) is 20.8 Å². The van der Waals surface area contributed by atoms with Crippen LogP contribution in [0.3, 0.4) is 0 Å². The molecular weight excluding hydrogens is 204 g/mol. The lowest BCUT2D eigenvalue weighted by Gasteiger charge is -2.18. The van der Waals surface area contributed by atoms with E-state index < -0.39 is 5.97 Å². The predicted molar refractivity (Wildman–Crippen MR) is 63.1 cm³/mol. The van der Waals surface area contributed by atoms with E-state index in [1.54, 1.807) is 12.1 Å². The quantitative estimate of drug-likeness (QED) is 0.855. The van der Waals surface area contributed by atoms with Crippen LogP contribution in [0, 0.1) is 5.41 Å². The summed E-state index contributed by atoms with van der Waals surface area (Å²) in [7, 11) is 1.49. The first-order chi connectivity index (χ1) is 7.33. The summed E-state index contributed by atoms with van der Waals surface area (Å²) in [6.45, 7) is 6.43. The Morgan fingerprint density at radius 1 is 1.38 bits per heavy atom. The Kier molecular flexibility index (Phi) is 3.58. The molecule has 0 fully saturated rings. The van der Waals surface area contributed by atoms with E-state index >= 15 is 0 Å². The summed E-state index contributed by atoms with van der Waals surface area (Å²) in [5.41, 5.74) is 1.48. The molecule has 0 saturated heterocycles. The van der Waals surface area contributed by atoms with Gasteiger partial charge in [0, 0.05) is 0 Å². The summed E-state index contributed by atoms with van der Waals surface area (Å²) < 4.78 is 5.08. The molecule has 88 valence electrons. The molecule has 3 heteroatoms. The van der Waals surface area contributed by atoms with Crippen molar-refractivity contribution in [2.75, 3.05) is 7.11 Å². The van der Waals surface area contributed by atoms with Gasteiger partial charge in [-0.3, -0.25) is 0 Å². The molecular formula is C13H18O3. The highest BCUT2D eigenvalue weighted by molar-refractivity contribution is 5.90. The maximum Gasteiger partial charge on any atom is 0.339 e. The van der Waals surface area contributed by atoms with E-state index in [-0.39, 0.29) is 11.0 Å². The number of ether oxygens (including phenoxy) is 1. The molecule has 0 saturated carbocycles. The second-order valence-electron chi connectivity index (χ2n) is 5.08. The number of hydrogen-bond acceptors (Lipinski definition) is 2. The molecule has 1 aromatic carbocycles. The Hall–Kier alpha value is -1.51. The molecule has 0 bridgehead atoms. The lowest BCUT2D eigenvalue weighted by molar-refractivity contribution is 0.0693. The number of carboxylic acid groups (broad SMARTS) is 1. The Morgan fingerprint density at radius 2 is 2.00 bits per heavy atom. The monoisotopic (exact) mass is 222 g/mol. The van der Waals surface area contributed by atoms with E-state index in [1.807, 2.05) is 6.07 Å². The fraction of sp³-hybridized carbons (Fsp3) is 0.462. The van der Waals surface area contributed by atoms with Crippen LogP contribution in [-0.2, 0) is 6.42 Å². The molecule has 0 heterocycles. The lowest BCUT2D eigenvalue weighted by Crippen LogP contribution is -2.10. The van der Waals surface area contributed by atoms with Gasteiger partial charge < -0.3 is 9.84 Å². The van der Waals surface area contributed by atoms with Gasteiger partial charge in [0.2, 0.25) is 0 Å². The number of carbonyl (C=O) groups is 1. The molecule has 0 atom stereocenters. The van der Waals surface area contributed by atoms with Crippen LogP contribution in [0.4, 0.5) is 0 Å². The molecule has 1 N–H and O–H groups in total. The highest BCUT2D eigenvalue weighted by atomic mass is 16.5. The molecule has 0 unspecified atom stereocenters. The normalized spacial score (nSPS) is 11.2. The van der Waals surface area contributed by atoms with Crippen LogP contribution in [0.15, 0.2) is 18.2 Å². The van der Waals surface area contributed by atoms with Crippen molar-refractivity contribution in [2.24, 2.45) is 5.41 Å². The van der Waals surface area contributed by atoms with Crippen molar-refractivity contribution in [3.63, 3.8) is 0 Å². The minimum atomic E-state index is -0.959. The van der Waals surface area contributed by atoms with Crippen molar-refractivity contribution < 1.29 is 14.6 Å². The maximum absolute atomic E-state index is 10.9. The van der Waals surface area contributed by atoms with Crippen LogP contribution >= 0.6 is 0 Å². The molecule has 0 spiro atoms. The average molecular weight is 222 g/mol. The van der Waals surface area contributed by atoms with Crippen molar-refractivity contribution in [2.45, 2.75) is 27.2 Å². The molecule has 1 aromatic rings. The first-order valence-electron chi connectivity index (χ1n) is 5.24. The number of rotatable bonds is 3. The highest BCUT2D eigenvalue weighted by Gasteiger charge is 2.15. The third-order valence-electron chi connectivity index (χ3n) is 2.23. The minimum Gasteiger partial charge on any atom is -0.496 e. The van der Waals surface area contributed by atoms with E-state index in [0.29, 0.717) is 5.75 Å². The number of hydrogen-bond donors (Lipinski definition) is 1. The van der Waals surface area contributed by atoms with Gasteiger partial charge in [-0.2, -0.15) is 0 Å². The first-order valence-corrected chi connectivity index (χ1v) is 5.24. The second kappa shape index (κ2) is 4.56. The molecule has 0 aliphatic heterocycles. The molecule has 3 nitrogen and oxygen atoms in total. The molecule has 1 rings (SSSR count). The summed E-state index contributed by atoms with van der Waals surface area (Å²) in [6, 6.07) is 5.24. The van der Waals surface area contributed by atoms with E-state index in [1.165, 1.54) is 7.11 Å². The fourth-order valence-corrected chi connectivity index (χ4v) is 1.63. The third-order valence-corrected chi connectivity index (χ3v) is 2.23. The zero-order valence-electron chi connectivity index (χ0n) is 10.2. The Labute approximate surface area is 96.1 Å². The predicted octanol–water partition coefficient (Wildman–Crippen LogP) is 2.98. The molecule has 0 radical (unpaired) electrons. The van der Waals surface area contributed by atoms with Crippen molar-refractivity contribution >= 4 is 5.97 Å². The summed E-state index contributed by atoms with van der Waals surface area (Å²) in [6.07, 6.45) is 0.892. The van der Waals surface area contributed by atoms with Crippen LogP contribution in [0.1, 0.15) is 36.7 Å². The van der Waals surface area contributed by atoms with Gasteiger partial charge in [0.25, 0.3) is 0 Å². The zero-order valence-corrected chi connectivity index (χ0v) is 10.2. The van der Waals surface area contributed by atoms with Gasteiger partial charge in [-0.05, 0) is 29.5 Å². The third kappa shape index (κ3) is 3.26. The zero-order chi connectivity index (χ0) is 12.3. The molecule has 16 heavy (non-hydrogen) atoms. The smallest absolute Gasteiger partial charge is 0.339 e. The van der Waals surface area contributed by atoms with Gasteiger partial charge >= 0.3 is 5.97 Å². The van der Waals surface area contributed by atoms with Crippen LogP contribution in [0.2, 0.25) is 0 Å². The van der Waals surface area contributed by atoms with Crippen molar-refractivity contribution in [3.05, 3.63) is 29.3 Å². The standard InChI is InChI=1S/C13H18O3/c1-13(2,3)8-9-5-6-10(12(14)15)11(7-9)16-4/h5-7H,8H2,1-4H3,(H,14,15). The largest absolute Gasteiger partial charge is 0.496 e. The average Bonchev–Trinajstić information content (AvgIpc) is 2.14. The van der Waals surface area contributed by atoms with Gasteiger partial charge in [-0.15, -0.1) is 0 Å². The number of benzene rings is 1. The van der Waals surface area contributed by atoms with Crippen LogP contribution in [0.5, 0.6) is 5.75 Å². The topological polar surface area (TPSA) is 46.5 Å². The Morgan fingerprint density at radius 3 is 2.44 bits per heavy atom. The van der Waals surface area contributed by atoms with Crippen molar-refractivity contribution in [1.82, 2.24) is 0 Å². The van der Waals surface area contributed by atoms with Gasteiger partial charge in [0.15, 0.2) is 0 Å². The van der Waals surface area contributed by atoms with E-state index in [4.69, 9.17) is 9.84 Å². The van der Waals surface area contributed by atoms with Gasteiger partial charge in [-0.1, -0.05) is 26.8 Å². The molecule has 0 aliphatic carbocycles. The first kappa shape index (κ1) is 12.6. The van der Waals surface area contributed by atoms with Crippen LogP contribution in [-0.4, -0.2) is 18.2 Å². The van der Waals surface area contributed by atoms with Gasteiger partial charge in [0.1, 0.15) is 11.3 Å².